The van der Waals surface area contributed by atoms with Gasteiger partial charge >= 0.3 is 12.1 Å². The highest BCUT2D eigenvalue weighted by Gasteiger charge is 2.64. The minimum Gasteiger partial charge on any atom is -0.504 e. The first kappa shape index (κ1) is 27.3. The molecule has 1 unspecified atom stereocenters. The minimum absolute atomic E-state index is 0.000461. The summed E-state index contributed by atoms with van der Waals surface area (Å²) in [6, 6.07) is 10.1. The standard InChI is InChI=1S/C28H34F3NO5/c1-17(2)12-19-16-32-11-10-18-13-25(35-3)23(33)14-21(18)22(32)15-24(19)37-26(34)27(36-4,28(29,30)31)20-8-6-5-7-9-20/h5-9,13-14,17,19,22,24,33H,10-12,15-16H2,1-4H3/t19-,22+,24-,27?/m1/s1. The van der Waals surface area contributed by atoms with Crippen LogP contribution in [-0.4, -0.2) is 55.6 Å². The molecule has 0 radical (unpaired) electrons. The molecule has 1 saturated heterocycles. The quantitative estimate of drug-likeness (QED) is 0.494. The Morgan fingerprint density at radius 2 is 1.86 bits per heavy atom. The van der Waals surface area contributed by atoms with Crippen molar-refractivity contribution in [3.63, 3.8) is 0 Å². The largest absolute Gasteiger partial charge is 0.504 e. The van der Waals surface area contributed by atoms with Gasteiger partial charge in [0.05, 0.1) is 7.11 Å². The van der Waals surface area contributed by atoms with Crippen molar-refractivity contribution in [2.75, 3.05) is 27.3 Å². The highest BCUT2D eigenvalue weighted by atomic mass is 19.4. The molecule has 0 bridgehead atoms. The molecule has 0 aliphatic carbocycles. The van der Waals surface area contributed by atoms with Crippen LogP contribution in [0.15, 0.2) is 42.5 Å². The van der Waals surface area contributed by atoms with Gasteiger partial charge in [-0.3, -0.25) is 4.90 Å². The van der Waals surface area contributed by atoms with Gasteiger partial charge in [0.25, 0.3) is 5.60 Å². The maximum absolute atomic E-state index is 14.5. The van der Waals surface area contributed by atoms with Crippen LogP contribution in [-0.2, 0) is 26.3 Å². The predicted octanol–water partition coefficient (Wildman–Crippen LogP) is 5.38. The molecule has 9 heteroatoms. The van der Waals surface area contributed by atoms with E-state index in [0.717, 1.165) is 31.2 Å². The molecule has 6 nitrogen and oxygen atoms in total. The fraction of sp³-hybridized carbons (Fsp3) is 0.536. The molecule has 1 fully saturated rings. The van der Waals surface area contributed by atoms with E-state index in [4.69, 9.17) is 14.2 Å². The average molecular weight is 522 g/mol. The second-order valence-electron chi connectivity index (χ2n) is 10.3. The van der Waals surface area contributed by atoms with Crippen molar-refractivity contribution in [3.8, 4) is 11.5 Å². The second kappa shape index (κ2) is 10.5. The summed E-state index contributed by atoms with van der Waals surface area (Å²) in [6.45, 7) is 5.42. The van der Waals surface area contributed by atoms with Crippen LogP contribution >= 0.6 is 0 Å². The fourth-order valence-electron chi connectivity index (χ4n) is 5.84. The van der Waals surface area contributed by atoms with Crippen molar-refractivity contribution in [1.82, 2.24) is 4.90 Å². The molecule has 2 aliphatic heterocycles. The summed E-state index contributed by atoms with van der Waals surface area (Å²) < 4.78 is 59.4. The average Bonchev–Trinajstić information content (AvgIpc) is 2.84. The molecular weight excluding hydrogens is 487 g/mol. The number of phenolic OH excluding ortho intramolecular Hbond substituents is 1. The molecule has 2 aromatic carbocycles. The van der Waals surface area contributed by atoms with E-state index in [2.05, 4.69) is 4.90 Å². The molecule has 37 heavy (non-hydrogen) atoms. The van der Waals surface area contributed by atoms with Crippen molar-refractivity contribution in [2.24, 2.45) is 11.8 Å². The van der Waals surface area contributed by atoms with Gasteiger partial charge in [0.15, 0.2) is 11.5 Å². The van der Waals surface area contributed by atoms with Gasteiger partial charge in [-0.15, -0.1) is 0 Å². The topological polar surface area (TPSA) is 68.2 Å². The zero-order valence-electron chi connectivity index (χ0n) is 21.5. The first-order chi connectivity index (χ1) is 17.5. The number of nitrogens with zero attached hydrogens (tertiary/aromatic N) is 1. The number of carbonyl (C=O) groups is 1. The Labute approximate surface area is 215 Å². The lowest BCUT2D eigenvalue weighted by molar-refractivity contribution is -0.280. The number of halogens is 3. The Hall–Kier alpha value is -2.78. The SMILES string of the molecule is COc1cc2c(cc1O)[C@@H]1C[C@@H](OC(=O)C(OC)(c3ccccc3)C(F)(F)F)[C@H](CC(C)C)CN1CC2. The molecular formula is C28H34F3NO5. The normalized spacial score (nSPS) is 23.6. The number of carbonyl (C=O) groups excluding carboxylic acids is 1. The van der Waals surface area contributed by atoms with Gasteiger partial charge in [0.2, 0.25) is 0 Å². The number of esters is 1. The van der Waals surface area contributed by atoms with Crippen LogP contribution in [0.1, 0.15) is 49.4 Å². The summed E-state index contributed by atoms with van der Waals surface area (Å²) in [5.74, 6) is -0.971. The summed E-state index contributed by atoms with van der Waals surface area (Å²) in [4.78, 5) is 15.7. The number of aromatic hydroxyl groups is 1. The molecule has 2 aromatic rings. The van der Waals surface area contributed by atoms with Crippen LogP contribution in [0.25, 0.3) is 0 Å². The minimum atomic E-state index is -5.03. The zero-order chi connectivity index (χ0) is 27.0. The summed E-state index contributed by atoms with van der Waals surface area (Å²) >= 11 is 0. The van der Waals surface area contributed by atoms with Crippen LogP contribution < -0.4 is 4.74 Å². The Bertz CT molecular complexity index is 1110. The van der Waals surface area contributed by atoms with Crippen LogP contribution in [0.5, 0.6) is 11.5 Å². The first-order valence-corrected chi connectivity index (χ1v) is 12.5. The number of benzene rings is 2. The van der Waals surface area contributed by atoms with E-state index in [1.807, 2.05) is 13.8 Å². The maximum atomic E-state index is 14.5. The molecule has 202 valence electrons. The molecule has 4 atom stereocenters. The number of phenols is 1. The Morgan fingerprint density at radius 1 is 1.16 bits per heavy atom. The van der Waals surface area contributed by atoms with Gasteiger partial charge in [-0.1, -0.05) is 44.2 Å². The molecule has 2 aliphatic rings. The van der Waals surface area contributed by atoms with Crippen LogP contribution in [0.2, 0.25) is 0 Å². The third-order valence-electron chi connectivity index (χ3n) is 7.56. The first-order valence-electron chi connectivity index (χ1n) is 12.5. The lowest BCUT2D eigenvalue weighted by atomic mass is 9.79. The summed E-state index contributed by atoms with van der Waals surface area (Å²) in [6.07, 6.45) is -4.02. The van der Waals surface area contributed by atoms with Gasteiger partial charge < -0.3 is 19.3 Å². The highest BCUT2D eigenvalue weighted by Crippen LogP contribution is 2.47. The van der Waals surface area contributed by atoms with Crippen molar-refractivity contribution in [3.05, 3.63) is 59.2 Å². The number of ether oxygens (including phenoxy) is 3. The summed E-state index contributed by atoms with van der Waals surface area (Å²) in [5, 5.41) is 10.4. The van der Waals surface area contributed by atoms with Crippen molar-refractivity contribution >= 4 is 5.97 Å². The lowest BCUT2D eigenvalue weighted by Gasteiger charge is -2.47. The molecule has 0 saturated carbocycles. The van der Waals surface area contributed by atoms with Gasteiger partial charge in [0, 0.05) is 44.1 Å². The molecule has 0 aromatic heterocycles. The smallest absolute Gasteiger partial charge is 0.432 e. The monoisotopic (exact) mass is 521 g/mol. The molecule has 1 N–H and O–H groups in total. The number of alkyl halides is 3. The van der Waals surface area contributed by atoms with Crippen molar-refractivity contribution < 1.29 is 37.3 Å². The molecule has 4 rings (SSSR count). The van der Waals surface area contributed by atoms with E-state index in [9.17, 15) is 23.1 Å². The Morgan fingerprint density at radius 3 is 2.46 bits per heavy atom. The molecule has 2 heterocycles. The van der Waals surface area contributed by atoms with Crippen molar-refractivity contribution in [2.45, 2.75) is 57.0 Å². The number of piperidine rings is 1. The Kier molecular flexibility index (Phi) is 7.76. The number of hydrogen-bond donors (Lipinski definition) is 1. The predicted molar refractivity (Wildman–Crippen MR) is 131 cm³/mol. The third kappa shape index (κ3) is 5.03. The fourth-order valence-corrected chi connectivity index (χ4v) is 5.84. The van der Waals surface area contributed by atoms with E-state index in [0.29, 0.717) is 25.1 Å². The lowest BCUT2D eigenvalue weighted by Crippen LogP contribution is -2.55. The van der Waals surface area contributed by atoms with Crippen LogP contribution in [0.4, 0.5) is 13.2 Å². The van der Waals surface area contributed by atoms with Gasteiger partial charge in [-0.05, 0) is 42.0 Å². The molecule has 0 spiro atoms. The highest BCUT2D eigenvalue weighted by molar-refractivity contribution is 5.83. The van der Waals surface area contributed by atoms with Crippen LogP contribution in [0.3, 0.4) is 0 Å². The van der Waals surface area contributed by atoms with Crippen molar-refractivity contribution in [1.29, 1.82) is 0 Å². The van der Waals surface area contributed by atoms with E-state index in [-0.39, 0.29) is 29.2 Å². The van der Waals surface area contributed by atoms with Crippen LogP contribution in [0, 0.1) is 11.8 Å². The number of methoxy groups -OCH3 is 2. The maximum Gasteiger partial charge on any atom is 0.432 e. The zero-order valence-corrected chi connectivity index (χ0v) is 21.5. The number of hydrogen-bond acceptors (Lipinski definition) is 6. The van der Waals surface area contributed by atoms with E-state index >= 15 is 0 Å². The number of fused-ring (bicyclic) bond motifs is 3. The van der Waals surface area contributed by atoms with E-state index < -0.39 is 23.9 Å². The van der Waals surface area contributed by atoms with Gasteiger partial charge in [0.1, 0.15) is 6.10 Å². The van der Waals surface area contributed by atoms with Gasteiger partial charge in [-0.2, -0.15) is 13.2 Å². The van der Waals surface area contributed by atoms with E-state index in [1.54, 1.807) is 18.2 Å². The van der Waals surface area contributed by atoms with Gasteiger partial charge in [-0.25, -0.2) is 4.79 Å². The third-order valence-corrected chi connectivity index (χ3v) is 7.56. The van der Waals surface area contributed by atoms with E-state index in [1.165, 1.54) is 31.4 Å². The molecule has 0 amide bonds. The second-order valence-corrected chi connectivity index (χ2v) is 10.3. The Balaban J connectivity index is 1.69. The number of rotatable bonds is 7. The summed E-state index contributed by atoms with van der Waals surface area (Å²) in [5.41, 5.74) is -1.67. The summed E-state index contributed by atoms with van der Waals surface area (Å²) in [7, 11) is 2.36.